The van der Waals surface area contributed by atoms with E-state index in [9.17, 15) is 9.18 Å². The van der Waals surface area contributed by atoms with Crippen molar-refractivity contribution in [2.45, 2.75) is 25.3 Å². The Morgan fingerprint density at radius 2 is 2.38 bits per heavy atom. The monoisotopic (exact) mass is 224 g/mol. The summed E-state index contributed by atoms with van der Waals surface area (Å²) in [5.41, 5.74) is 0. The zero-order chi connectivity index (χ0) is 11.5. The molecule has 0 unspecified atom stereocenters. The van der Waals surface area contributed by atoms with Crippen LogP contribution < -0.4 is 4.90 Å². The zero-order valence-corrected chi connectivity index (χ0v) is 8.77. The van der Waals surface area contributed by atoms with Crippen LogP contribution in [0.3, 0.4) is 0 Å². The van der Waals surface area contributed by atoms with E-state index in [1.807, 2.05) is 0 Å². The van der Waals surface area contributed by atoms with E-state index in [2.05, 4.69) is 4.98 Å². The quantitative estimate of drug-likeness (QED) is 0.826. The van der Waals surface area contributed by atoms with Gasteiger partial charge in [-0.25, -0.2) is 9.37 Å². The summed E-state index contributed by atoms with van der Waals surface area (Å²) in [6, 6.07) is 3.13. The lowest BCUT2D eigenvalue weighted by molar-refractivity contribution is -0.136. The predicted molar refractivity (Wildman–Crippen MR) is 56.8 cm³/mol. The van der Waals surface area contributed by atoms with Crippen LogP contribution in [0.2, 0.25) is 0 Å². The van der Waals surface area contributed by atoms with E-state index in [0.29, 0.717) is 6.54 Å². The lowest BCUT2D eigenvalue weighted by atomic mass is 10.3. The van der Waals surface area contributed by atoms with Gasteiger partial charge >= 0.3 is 5.97 Å². The van der Waals surface area contributed by atoms with Gasteiger partial charge in [-0.3, -0.25) is 4.79 Å². The molecule has 86 valence electrons. The molecule has 1 N–H and O–H groups in total. The number of halogens is 1. The van der Waals surface area contributed by atoms with E-state index in [1.165, 1.54) is 18.3 Å². The van der Waals surface area contributed by atoms with Gasteiger partial charge in [-0.05, 0) is 25.0 Å². The molecule has 0 aromatic carbocycles. The standard InChI is InChI=1S/C11H13FN2O2/c12-9-2-1-6-13-11(9)14(8-3-4-8)7-5-10(15)16/h1-2,6,8H,3-5,7H2,(H,15,16). The van der Waals surface area contributed by atoms with Crippen LogP contribution in [0, 0.1) is 5.82 Å². The maximum absolute atomic E-state index is 13.5. The molecule has 1 aliphatic rings. The fourth-order valence-corrected chi connectivity index (χ4v) is 1.65. The van der Waals surface area contributed by atoms with E-state index >= 15 is 0 Å². The van der Waals surface area contributed by atoms with Crippen molar-refractivity contribution in [2.24, 2.45) is 0 Å². The summed E-state index contributed by atoms with van der Waals surface area (Å²) in [7, 11) is 0. The SMILES string of the molecule is O=C(O)CCN(c1ncccc1F)C1CC1. The van der Waals surface area contributed by atoms with E-state index in [-0.39, 0.29) is 24.1 Å². The Labute approximate surface area is 92.7 Å². The first kappa shape index (κ1) is 10.9. The van der Waals surface area contributed by atoms with Crippen molar-refractivity contribution >= 4 is 11.8 Å². The lowest BCUT2D eigenvalue weighted by Crippen LogP contribution is -2.30. The van der Waals surface area contributed by atoms with Gasteiger partial charge < -0.3 is 10.0 Å². The van der Waals surface area contributed by atoms with Crippen molar-refractivity contribution in [3.8, 4) is 0 Å². The summed E-state index contributed by atoms with van der Waals surface area (Å²) in [6.07, 6.45) is 3.49. The minimum absolute atomic E-state index is 0.00646. The summed E-state index contributed by atoms with van der Waals surface area (Å²) in [4.78, 5) is 16.3. The molecule has 0 bridgehead atoms. The Morgan fingerprint density at radius 3 is 2.94 bits per heavy atom. The number of hydrogen-bond donors (Lipinski definition) is 1. The number of carboxylic acids is 1. The summed E-state index contributed by atoms with van der Waals surface area (Å²) >= 11 is 0. The molecular formula is C11H13FN2O2. The third-order valence-electron chi connectivity index (χ3n) is 2.57. The highest BCUT2D eigenvalue weighted by molar-refractivity contribution is 5.67. The second-order valence-corrected chi connectivity index (χ2v) is 3.88. The number of anilines is 1. The highest BCUT2D eigenvalue weighted by atomic mass is 19.1. The number of carbonyl (C=O) groups is 1. The normalized spacial score (nSPS) is 14.8. The second-order valence-electron chi connectivity index (χ2n) is 3.88. The van der Waals surface area contributed by atoms with Crippen LogP contribution in [0.25, 0.3) is 0 Å². The van der Waals surface area contributed by atoms with Crippen LogP contribution in [-0.4, -0.2) is 28.6 Å². The molecule has 1 saturated carbocycles. The Balaban J connectivity index is 2.12. The van der Waals surface area contributed by atoms with E-state index in [0.717, 1.165) is 12.8 Å². The van der Waals surface area contributed by atoms with Gasteiger partial charge in [0.15, 0.2) is 11.6 Å². The lowest BCUT2D eigenvalue weighted by Gasteiger charge is -2.22. The van der Waals surface area contributed by atoms with Crippen LogP contribution in [0.15, 0.2) is 18.3 Å². The largest absolute Gasteiger partial charge is 0.481 e. The van der Waals surface area contributed by atoms with Gasteiger partial charge in [0.05, 0.1) is 6.42 Å². The van der Waals surface area contributed by atoms with Crippen molar-refractivity contribution in [1.82, 2.24) is 4.98 Å². The Morgan fingerprint density at radius 1 is 1.62 bits per heavy atom. The highest BCUT2D eigenvalue weighted by Crippen LogP contribution is 2.31. The number of rotatable bonds is 5. The minimum atomic E-state index is -0.873. The molecule has 0 spiro atoms. The summed E-state index contributed by atoms with van der Waals surface area (Å²) in [5.74, 6) is -0.993. The van der Waals surface area contributed by atoms with Gasteiger partial charge in [0.1, 0.15) is 0 Å². The molecule has 1 aliphatic carbocycles. The molecule has 2 rings (SSSR count). The van der Waals surface area contributed by atoms with Crippen LogP contribution in [-0.2, 0) is 4.79 Å². The Hall–Kier alpha value is -1.65. The first-order valence-electron chi connectivity index (χ1n) is 5.27. The minimum Gasteiger partial charge on any atom is -0.481 e. The molecule has 0 radical (unpaired) electrons. The average molecular weight is 224 g/mol. The third-order valence-corrected chi connectivity index (χ3v) is 2.57. The number of carboxylic acid groups (broad SMARTS) is 1. The van der Waals surface area contributed by atoms with Gasteiger partial charge in [-0.2, -0.15) is 0 Å². The van der Waals surface area contributed by atoms with Crippen molar-refractivity contribution < 1.29 is 14.3 Å². The van der Waals surface area contributed by atoms with Crippen molar-refractivity contribution in [2.75, 3.05) is 11.4 Å². The molecule has 4 nitrogen and oxygen atoms in total. The molecule has 0 amide bonds. The molecule has 16 heavy (non-hydrogen) atoms. The highest BCUT2D eigenvalue weighted by Gasteiger charge is 2.31. The Kier molecular flexibility index (Phi) is 3.03. The van der Waals surface area contributed by atoms with Crippen LogP contribution in [0.1, 0.15) is 19.3 Å². The van der Waals surface area contributed by atoms with E-state index in [4.69, 9.17) is 5.11 Å². The number of pyridine rings is 1. The van der Waals surface area contributed by atoms with Gasteiger partial charge in [-0.1, -0.05) is 0 Å². The van der Waals surface area contributed by atoms with Crippen LogP contribution in [0.5, 0.6) is 0 Å². The van der Waals surface area contributed by atoms with Crippen molar-refractivity contribution in [3.63, 3.8) is 0 Å². The number of hydrogen-bond acceptors (Lipinski definition) is 3. The number of aromatic nitrogens is 1. The molecule has 0 saturated heterocycles. The molecule has 0 atom stereocenters. The van der Waals surface area contributed by atoms with Crippen molar-refractivity contribution in [3.05, 3.63) is 24.1 Å². The van der Waals surface area contributed by atoms with Crippen LogP contribution >= 0.6 is 0 Å². The van der Waals surface area contributed by atoms with Gasteiger partial charge in [0, 0.05) is 18.8 Å². The fraction of sp³-hybridized carbons (Fsp3) is 0.455. The predicted octanol–water partition coefficient (Wildman–Crippen LogP) is 1.66. The summed E-state index contributed by atoms with van der Waals surface area (Å²) in [6.45, 7) is 0.313. The molecule has 5 heteroatoms. The first-order chi connectivity index (χ1) is 7.68. The molecule has 1 aromatic rings. The zero-order valence-electron chi connectivity index (χ0n) is 8.77. The Bertz CT molecular complexity index is 393. The van der Waals surface area contributed by atoms with Gasteiger partial charge in [-0.15, -0.1) is 0 Å². The molecule has 1 fully saturated rings. The number of aliphatic carboxylic acids is 1. The third kappa shape index (κ3) is 2.48. The maximum atomic E-state index is 13.5. The van der Waals surface area contributed by atoms with Gasteiger partial charge in [0.2, 0.25) is 0 Å². The topological polar surface area (TPSA) is 53.4 Å². The molecular weight excluding hydrogens is 211 g/mol. The van der Waals surface area contributed by atoms with Gasteiger partial charge in [0.25, 0.3) is 0 Å². The molecule has 1 heterocycles. The fourth-order valence-electron chi connectivity index (χ4n) is 1.65. The molecule has 0 aliphatic heterocycles. The number of nitrogens with zero attached hydrogens (tertiary/aromatic N) is 2. The average Bonchev–Trinajstić information content (AvgIpc) is 3.04. The second kappa shape index (κ2) is 4.47. The summed E-state index contributed by atoms with van der Waals surface area (Å²) in [5, 5.41) is 8.64. The van der Waals surface area contributed by atoms with Crippen molar-refractivity contribution in [1.29, 1.82) is 0 Å². The van der Waals surface area contributed by atoms with E-state index < -0.39 is 5.97 Å². The van der Waals surface area contributed by atoms with Crippen LogP contribution in [0.4, 0.5) is 10.2 Å². The van der Waals surface area contributed by atoms with E-state index in [1.54, 1.807) is 4.90 Å². The summed E-state index contributed by atoms with van der Waals surface area (Å²) < 4.78 is 13.5. The molecule has 1 aromatic heterocycles. The smallest absolute Gasteiger partial charge is 0.305 e. The maximum Gasteiger partial charge on any atom is 0.305 e. The first-order valence-corrected chi connectivity index (χ1v) is 5.27.